The first kappa shape index (κ1) is 8.72. The molecule has 2 rings (SSSR count). The minimum absolute atomic E-state index is 0.243. The van der Waals surface area contributed by atoms with E-state index in [-0.39, 0.29) is 6.04 Å². The van der Waals surface area contributed by atoms with Gasteiger partial charge < -0.3 is 9.32 Å². The molecule has 0 aromatic carbocycles. The molecule has 0 aliphatic carbocycles. The Labute approximate surface area is 77.7 Å². The van der Waals surface area contributed by atoms with Gasteiger partial charge in [-0.2, -0.15) is 0 Å². The van der Waals surface area contributed by atoms with Crippen LogP contribution in [0.3, 0.4) is 0 Å². The van der Waals surface area contributed by atoms with Crippen molar-refractivity contribution in [1.29, 1.82) is 0 Å². The molecular weight excluding hydrogens is 166 g/mol. The first-order valence-corrected chi connectivity index (χ1v) is 4.55. The van der Waals surface area contributed by atoms with Crippen LogP contribution in [0.4, 0.5) is 0 Å². The zero-order valence-corrected chi connectivity index (χ0v) is 7.73. The number of nitrogens with one attached hydrogen (secondary N) is 1. The summed E-state index contributed by atoms with van der Waals surface area (Å²) in [5.74, 6) is 1.10. The number of hydrogen-bond acceptors (Lipinski definition) is 3. The molecule has 0 spiro atoms. The van der Waals surface area contributed by atoms with Crippen molar-refractivity contribution in [2.45, 2.75) is 12.5 Å². The normalized spacial score (nSPS) is 26.5. The molecule has 1 aliphatic heterocycles. The second-order valence-electron chi connectivity index (χ2n) is 3.69. The van der Waals surface area contributed by atoms with Crippen LogP contribution in [-0.4, -0.2) is 30.0 Å². The minimum Gasteiger partial charge on any atom is -0.447 e. The Balaban J connectivity index is 2.02. The molecule has 4 nitrogen and oxygen atoms in total. The number of aromatic nitrogens is 1. The van der Waals surface area contributed by atoms with Gasteiger partial charge in [-0.15, -0.1) is 0 Å². The molecule has 1 saturated heterocycles. The maximum Gasteiger partial charge on any atom is 0.180 e. The van der Waals surface area contributed by atoms with Gasteiger partial charge in [-0.1, -0.05) is 0 Å². The summed E-state index contributed by atoms with van der Waals surface area (Å²) in [7, 11) is 2.09. The quantitative estimate of drug-likeness (QED) is 0.681. The Kier molecular flexibility index (Phi) is 2.33. The summed E-state index contributed by atoms with van der Waals surface area (Å²) in [5, 5.41) is 0. The van der Waals surface area contributed by atoms with E-state index >= 15 is 0 Å². The summed E-state index contributed by atoms with van der Waals surface area (Å²) in [5.41, 5.74) is 7.96. The second-order valence-corrected chi connectivity index (χ2v) is 3.69. The van der Waals surface area contributed by atoms with Gasteiger partial charge in [0.1, 0.15) is 5.76 Å². The van der Waals surface area contributed by atoms with E-state index in [1.165, 1.54) is 6.39 Å². The highest BCUT2D eigenvalue weighted by molar-refractivity contribution is 5.00. The fourth-order valence-corrected chi connectivity index (χ4v) is 1.85. The van der Waals surface area contributed by atoms with Crippen molar-refractivity contribution in [2.75, 3.05) is 20.1 Å². The molecule has 0 saturated carbocycles. The predicted molar refractivity (Wildman–Crippen MR) is 47.9 cm³/mol. The van der Waals surface area contributed by atoms with Crippen LogP contribution >= 0.6 is 0 Å². The van der Waals surface area contributed by atoms with Gasteiger partial charge in [0.15, 0.2) is 6.39 Å². The topological polar surface area (TPSA) is 53.1 Å². The zero-order chi connectivity index (χ0) is 9.26. The van der Waals surface area contributed by atoms with Crippen molar-refractivity contribution in [3.8, 4) is 0 Å². The average molecular weight is 180 g/mol. The van der Waals surface area contributed by atoms with E-state index in [0.29, 0.717) is 11.7 Å². The minimum atomic E-state index is -0.243. The van der Waals surface area contributed by atoms with Crippen LogP contribution < -0.4 is 5.73 Å². The first-order valence-electron chi connectivity index (χ1n) is 4.55. The molecular formula is C9H14N3O. The molecule has 1 aromatic rings. The lowest BCUT2D eigenvalue weighted by molar-refractivity contribution is 0.337. The van der Waals surface area contributed by atoms with E-state index in [2.05, 4.69) is 16.9 Å². The van der Waals surface area contributed by atoms with E-state index in [0.717, 1.165) is 19.5 Å². The van der Waals surface area contributed by atoms with Gasteiger partial charge in [-0.05, 0) is 25.9 Å². The smallest absolute Gasteiger partial charge is 0.180 e. The molecule has 2 unspecified atom stereocenters. The summed E-state index contributed by atoms with van der Waals surface area (Å²) in [6.45, 7) is 2.09. The van der Waals surface area contributed by atoms with Crippen molar-refractivity contribution in [2.24, 2.45) is 5.92 Å². The average Bonchev–Trinajstić information content (AvgIpc) is 2.72. The summed E-state index contributed by atoms with van der Waals surface area (Å²) < 4.78 is 5.13. The van der Waals surface area contributed by atoms with E-state index in [1.807, 2.05) is 0 Å². The van der Waals surface area contributed by atoms with E-state index in [4.69, 9.17) is 10.2 Å². The van der Waals surface area contributed by atoms with Gasteiger partial charge >= 0.3 is 0 Å². The van der Waals surface area contributed by atoms with Gasteiger partial charge in [0, 0.05) is 6.54 Å². The second kappa shape index (κ2) is 3.47. The Morgan fingerprint density at radius 3 is 3.15 bits per heavy atom. The third kappa shape index (κ3) is 1.73. The number of hydrogen-bond donors (Lipinski definition) is 0. The third-order valence-corrected chi connectivity index (χ3v) is 2.66. The molecule has 1 aromatic heterocycles. The maximum absolute atomic E-state index is 7.96. The first-order chi connectivity index (χ1) is 6.27. The molecule has 2 atom stereocenters. The van der Waals surface area contributed by atoms with Crippen molar-refractivity contribution in [3.63, 3.8) is 0 Å². The van der Waals surface area contributed by atoms with Gasteiger partial charge in [0.05, 0.1) is 12.2 Å². The Morgan fingerprint density at radius 1 is 1.77 bits per heavy atom. The van der Waals surface area contributed by atoms with Gasteiger partial charge in [0.25, 0.3) is 0 Å². The molecule has 1 N–H and O–H groups in total. The SMILES string of the molecule is CN1CCC(C([NH])c2cnco2)C1. The molecule has 2 heterocycles. The lowest BCUT2D eigenvalue weighted by Gasteiger charge is -2.15. The van der Waals surface area contributed by atoms with Crippen molar-refractivity contribution in [3.05, 3.63) is 18.4 Å². The third-order valence-electron chi connectivity index (χ3n) is 2.66. The Bertz CT molecular complexity index is 260. The fourth-order valence-electron chi connectivity index (χ4n) is 1.85. The van der Waals surface area contributed by atoms with Gasteiger partial charge in [0.2, 0.25) is 0 Å². The highest BCUT2D eigenvalue weighted by Crippen LogP contribution is 2.28. The summed E-state index contributed by atoms with van der Waals surface area (Å²) in [6.07, 6.45) is 4.14. The van der Waals surface area contributed by atoms with E-state index in [1.54, 1.807) is 6.20 Å². The van der Waals surface area contributed by atoms with Crippen molar-refractivity contribution >= 4 is 0 Å². The standard InChI is InChI=1S/C9H14N3O/c1-12-3-2-7(5-12)9(10)8-4-11-6-13-8/h4,6-7,9-10H,2-3,5H2,1H3. The summed E-state index contributed by atoms with van der Waals surface area (Å²) >= 11 is 0. The molecule has 1 fully saturated rings. The highest BCUT2D eigenvalue weighted by atomic mass is 16.3. The Hall–Kier alpha value is -0.870. The summed E-state index contributed by atoms with van der Waals surface area (Å²) in [4.78, 5) is 6.09. The van der Waals surface area contributed by atoms with Crippen LogP contribution in [0.2, 0.25) is 0 Å². The molecule has 1 aliphatic rings. The van der Waals surface area contributed by atoms with Crippen LogP contribution in [0.5, 0.6) is 0 Å². The zero-order valence-electron chi connectivity index (χ0n) is 7.73. The van der Waals surface area contributed by atoms with Crippen LogP contribution in [0.25, 0.3) is 0 Å². The molecule has 0 amide bonds. The van der Waals surface area contributed by atoms with Gasteiger partial charge in [-0.3, -0.25) is 0 Å². The molecule has 71 valence electrons. The van der Waals surface area contributed by atoms with E-state index in [9.17, 15) is 0 Å². The fraction of sp³-hybridized carbons (Fsp3) is 0.667. The Morgan fingerprint density at radius 2 is 2.62 bits per heavy atom. The maximum atomic E-state index is 7.96. The van der Waals surface area contributed by atoms with Crippen LogP contribution in [0, 0.1) is 5.92 Å². The lowest BCUT2D eigenvalue weighted by atomic mass is 9.98. The number of oxazole rings is 1. The molecule has 0 bridgehead atoms. The summed E-state index contributed by atoms with van der Waals surface area (Å²) in [6, 6.07) is -0.243. The lowest BCUT2D eigenvalue weighted by Crippen LogP contribution is -2.18. The molecule has 1 radical (unpaired) electrons. The number of rotatable bonds is 2. The predicted octanol–water partition coefficient (Wildman–Crippen LogP) is 0.950. The number of likely N-dealkylation sites (tertiary alicyclic amines) is 1. The van der Waals surface area contributed by atoms with Crippen molar-refractivity contribution in [1.82, 2.24) is 15.6 Å². The highest BCUT2D eigenvalue weighted by Gasteiger charge is 2.28. The van der Waals surface area contributed by atoms with Crippen LogP contribution in [-0.2, 0) is 0 Å². The monoisotopic (exact) mass is 180 g/mol. The van der Waals surface area contributed by atoms with E-state index < -0.39 is 0 Å². The van der Waals surface area contributed by atoms with Crippen LogP contribution in [0.1, 0.15) is 18.2 Å². The largest absolute Gasteiger partial charge is 0.447 e. The van der Waals surface area contributed by atoms with Gasteiger partial charge in [-0.25, -0.2) is 10.7 Å². The van der Waals surface area contributed by atoms with Crippen LogP contribution in [0.15, 0.2) is 17.0 Å². The molecule has 13 heavy (non-hydrogen) atoms. The molecule has 4 heteroatoms. The van der Waals surface area contributed by atoms with Crippen molar-refractivity contribution < 1.29 is 4.42 Å². The number of nitrogens with zero attached hydrogens (tertiary/aromatic N) is 2.